The van der Waals surface area contributed by atoms with E-state index in [4.69, 9.17) is 0 Å². The third-order valence-electron chi connectivity index (χ3n) is 2.70. The van der Waals surface area contributed by atoms with Gasteiger partial charge in [0, 0.05) is 24.0 Å². The monoisotopic (exact) mass is 274 g/mol. The molecule has 2 aromatic heterocycles. The maximum absolute atomic E-state index is 4.56. The standard InChI is InChI=1S/C12H12N4S.C2H6/c1-17-12-13-7-6-11(14-12)16-8-9-4-2-3-5-10(9)15-16;1-2/h2,4,6-8H,3,5H2,1H3;1-2H3. The maximum atomic E-state index is 4.56. The molecule has 1 aliphatic rings. The lowest BCUT2D eigenvalue weighted by Gasteiger charge is -2.01. The Morgan fingerprint density at radius 2 is 2.16 bits per heavy atom. The van der Waals surface area contributed by atoms with Crippen LogP contribution in [0.25, 0.3) is 11.9 Å². The Hall–Kier alpha value is -1.62. The minimum atomic E-state index is 0.770. The highest BCUT2D eigenvalue weighted by Gasteiger charge is 2.11. The molecule has 0 amide bonds. The maximum Gasteiger partial charge on any atom is 0.189 e. The molecule has 0 atom stereocenters. The van der Waals surface area contributed by atoms with E-state index in [9.17, 15) is 0 Å². The van der Waals surface area contributed by atoms with Crippen LogP contribution in [0.2, 0.25) is 0 Å². The van der Waals surface area contributed by atoms with Gasteiger partial charge in [0.25, 0.3) is 0 Å². The summed E-state index contributed by atoms with van der Waals surface area (Å²) < 4.78 is 1.84. The molecule has 1 aliphatic carbocycles. The summed E-state index contributed by atoms with van der Waals surface area (Å²) in [6.45, 7) is 4.00. The summed E-state index contributed by atoms with van der Waals surface area (Å²) in [5, 5.41) is 5.33. The second-order valence-corrected chi connectivity index (χ2v) is 4.59. The highest BCUT2D eigenvalue weighted by atomic mass is 32.2. The van der Waals surface area contributed by atoms with Crippen molar-refractivity contribution in [1.29, 1.82) is 0 Å². The average molecular weight is 274 g/mol. The summed E-state index contributed by atoms with van der Waals surface area (Å²) in [6, 6.07) is 1.88. The molecule has 0 unspecified atom stereocenters. The quantitative estimate of drug-likeness (QED) is 0.622. The van der Waals surface area contributed by atoms with Crippen LogP contribution >= 0.6 is 11.8 Å². The molecule has 2 aromatic rings. The molecule has 19 heavy (non-hydrogen) atoms. The number of aryl methyl sites for hydroxylation is 1. The number of aromatic nitrogens is 4. The van der Waals surface area contributed by atoms with Crippen LogP contribution in [0.1, 0.15) is 31.5 Å². The number of fused-ring (bicyclic) bond motifs is 1. The topological polar surface area (TPSA) is 43.6 Å². The fourth-order valence-electron chi connectivity index (χ4n) is 1.86. The van der Waals surface area contributed by atoms with Gasteiger partial charge in [-0.05, 0) is 19.1 Å². The van der Waals surface area contributed by atoms with Crippen LogP contribution < -0.4 is 0 Å². The van der Waals surface area contributed by atoms with Crippen LogP contribution in [0, 0.1) is 0 Å². The minimum Gasteiger partial charge on any atom is -0.231 e. The molecule has 0 N–H and O–H groups in total. The van der Waals surface area contributed by atoms with Gasteiger partial charge in [-0.3, -0.25) is 0 Å². The third kappa shape index (κ3) is 3.04. The normalized spacial score (nSPS) is 12.6. The van der Waals surface area contributed by atoms with Crippen molar-refractivity contribution in [2.24, 2.45) is 0 Å². The second kappa shape index (κ2) is 6.52. The molecule has 2 heterocycles. The molecule has 0 saturated heterocycles. The Kier molecular flexibility index (Phi) is 4.74. The molecule has 0 radical (unpaired) electrons. The first kappa shape index (κ1) is 13.8. The Morgan fingerprint density at radius 3 is 2.89 bits per heavy atom. The number of nitrogens with zero attached hydrogens (tertiary/aromatic N) is 4. The van der Waals surface area contributed by atoms with Crippen molar-refractivity contribution in [2.75, 3.05) is 6.26 Å². The summed E-state index contributed by atoms with van der Waals surface area (Å²) >= 11 is 1.54. The van der Waals surface area contributed by atoms with Crippen molar-refractivity contribution >= 4 is 17.8 Å². The van der Waals surface area contributed by atoms with Crippen molar-refractivity contribution in [3.05, 3.63) is 35.8 Å². The van der Waals surface area contributed by atoms with E-state index in [1.165, 1.54) is 17.3 Å². The van der Waals surface area contributed by atoms with Gasteiger partial charge in [-0.1, -0.05) is 37.8 Å². The van der Waals surface area contributed by atoms with Gasteiger partial charge < -0.3 is 0 Å². The molecular weight excluding hydrogens is 256 g/mol. The summed E-state index contributed by atoms with van der Waals surface area (Å²) in [5.74, 6) is 0.826. The number of allylic oxidation sites excluding steroid dienone is 1. The zero-order valence-corrected chi connectivity index (χ0v) is 12.3. The first-order chi connectivity index (χ1) is 9.36. The molecule has 0 aliphatic heterocycles. The van der Waals surface area contributed by atoms with Gasteiger partial charge in [0.05, 0.1) is 5.69 Å². The molecule has 3 rings (SSSR count). The number of thioether (sulfide) groups is 1. The molecule has 5 heteroatoms. The van der Waals surface area contributed by atoms with E-state index >= 15 is 0 Å². The van der Waals surface area contributed by atoms with Crippen LogP contribution in [0.3, 0.4) is 0 Å². The third-order valence-corrected chi connectivity index (χ3v) is 3.27. The van der Waals surface area contributed by atoms with Crippen molar-refractivity contribution in [3.63, 3.8) is 0 Å². The van der Waals surface area contributed by atoms with Gasteiger partial charge in [-0.2, -0.15) is 5.10 Å². The zero-order valence-electron chi connectivity index (χ0n) is 11.5. The Bertz CT molecular complexity index is 575. The number of hydrogen-bond donors (Lipinski definition) is 0. The highest BCUT2D eigenvalue weighted by molar-refractivity contribution is 7.98. The first-order valence-corrected chi connectivity index (χ1v) is 7.72. The highest BCUT2D eigenvalue weighted by Crippen LogP contribution is 2.19. The van der Waals surface area contributed by atoms with Crippen molar-refractivity contribution in [1.82, 2.24) is 19.7 Å². The van der Waals surface area contributed by atoms with Crippen LogP contribution in [-0.2, 0) is 6.42 Å². The molecule has 0 spiro atoms. The second-order valence-electron chi connectivity index (χ2n) is 3.82. The van der Waals surface area contributed by atoms with Crippen molar-refractivity contribution < 1.29 is 0 Å². The van der Waals surface area contributed by atoms with Gasteiger partial charge in [0.2, 0.25) is 0 Å². The molecular formula is C14H18N4S. The lowest BCUT2D eigenvalue weighted by atomic mass is 10.1. The van der Waals surface area contributed by atoms with E-state index in [1.807, 2.05) is 37.0 Å². The van der Waals surface area contributed by atoms with E-state index in [1.54, 1.807) is 6.20 Å². The van der Waals surface area contributed by atoms with Crippen LogP contribution in [0.4, 0.5) is 0 Å². The zero-order chi connectivity index (χ0) is 13.7. The average Bonchev–Trinajstić information content (AvgIpc) is 2.93. The fraction of sp³-hybridized carbons (Fsp3) is 0.357. The van der Waals surface area contributed by atoms with Crippen LogP contribution in [0.5, 0.6) is 0 Å². The summed E-state index contributed by atoms with van der Waals surface area (Å²) in [7, 11) is 0. The number of rotatable bonds is 2. The first-order valence-electron chi connectivity index (χ1n) is 6.49. The lowest BCUT2D eigenvalue weighted by Crippen LogP contribution is -2.00. The number of hydrogen-bond acceptors (Lipinski definition) is 4. The SMILES string of the molecule is CC.CSc1nccc(-n2cc3c(n2)CCC=C3)n1. The lowest BCUT2D eigenvalue weighted by molar-refractivity contribution is 0.779. The predicted molar refractivity (Wildman–Crippen MR) is 79.6 cm³/mol. The Labute approximate surface area is 118 Å². The smallest absolute Gasteiger partial charge is 0.189 e. The Morgan fingerprint density at radius 1 is 1.32 bits per heavy atom. The summed E-state index contributed by atoms with van der Waals surface area (Å²) in [6.07, 6.45) is 12.2. The minimum absolute atomic E-state index is 0.770. The molecule has 0 aromatic carbocycles. The van der Waals surface area contributed by atoms with E-state index < -0.39 is 0 Å². The van der Waals surface area contributed by atoms with Crippen molar-refractivity contribution in [2.45, 2.75) is 31.8 Å². The molecule has 0 bridgehead atoms. The van der Waals surface area contributed by atoms with Crippen molar-refractivity contribution in [3.8, 4) is 5.82 Å². The molecule has 0 fully saturated rings. The van der Waals surface area contributed by atoms with Crippen LogP contribution in [0.15, 0.2) is 29.7 Å². The van der Waals surface area contributed by atoms with Gasteiger partial charge in [-0.15, -0.1) is 0 Å². The van der Waals surface area contributed by atoms with E-state index in [-0.39, 0.29) is 0 Å². The van der Waals surface area contributed by atoms with E-state index in [0.717, 1.165) is 29.5 Å². The van der Waals surface area contributed by atoms with Gasteiger partial charge in [0.1, 0.15) is 0 Å². The van der Waals surface area contributed by atoms with Gasteiger partial charge >= 0.3 is 0 Å². The van der Waals surface area contributed by atoms with E-state index in [2.05, 4.69) is 27.2 Å². The summed E-state index contributed by atoms with van der Waals surface area (Å²) in [4.78, 5) is 8.60. The largest absolute Gasteiger partial charge is 0.231 e. The van der Waals surface area contributed by atoms with Gasteiger partial charge in [-0.25, -0.2) is 14.6 Å². The molecule has 100 valence electrons. The fourth-order valence-corrected chi connectivity index (χ4v) is 2.21. The molecule has 4 nitrogen and oxygen atoms in total. The summed E-state index contributed by atoms with van der Waals surface area (Å²) in [5.41, 5.74) is 2.34. The molecule has 0 saturated carbocycles. The van der Waals surface area contributed by atoms with Crippen LogP contribution in [-0.4, -0.2) is 26.0 Å². The van der Waals surface area contributed by atoms with E-state index in [0.29, 0.717) is 0 Å². The predicted octanol–water partition coefficient (Wildman–Crippen LogP) is 3.37. The Balaban J connectivity index is 0.000000637. The van der Waals surface area contributed by atoms with Gasteiger partial charge in [0.15, 0.2) is 11.0 Å².